The van der Waals surface area contributed by atoms with Gasteiger partial charge in [-0.3, -0.25) is 9.36 Å². The predicted octanol–water partition coefficient (Wildman–Crippen LogP) is 5.36. The monoisotopic (exact) mass is 526 g/mol. The molecule has 0 aliphatic rings. The van der Waals surface area contributed by atoms with Crippen LogP contribution in [-0.2, 0) is 10.5 Å². The number of para-hydroxylation sites is 1. The van der Waals surface area contributed by atoms with E-state index in [0.29, 0.717) is 32.5 Å². The van der Waals surface area contributed by atoms with E-state index < -0.39 is 0 Å². The number of aryl methyl sites for hydroxylation is 2. The molecule has 4 aromatic rings. The van der Waals surface area contributed by atoms with E-state index in [1.807, 2.05) is 54.8 Å². The molecule has 0 fully saturated rings. The van der Waals surface area contributed by atoms with Crippen LogP contribution in [0.15, 0.2) is 64.9 Å². The molecule has 0 saturated carbocycles. The van der Waals surface area contributed by atoms with Crippen LogP contribution in [0.3, 0.4) is 0 Å². The standard InChI is InChI=1S/C24H23ClN6O2S2/c1-15-11-16(2)27-23(26-15)34-13-21-29-30-24(31(21)18-7-5-4-6-8-18)35-14-22(32)28-19-12-17(25)9-10-20(19)33-3/h4-12H,13-14H2,1-3H3,(H,28,32). The Morgan fingerprint density at radius 1 is 1.03 bits per heavy atom. The van der Waals surface area contributed by atoms with Crippen LogP contribution in [0.25, 0.3) is 5.69 Å². The number of hydrogen-bond donors (Lipinski definition) is 1. The van der Waals surface area contributed by atoms with Crippen molar-refractivity contribution in [2.24, 2.45) is 0 Å². The third kappa shape index (κ3) is 6.53. The van der Waals surface area contributed by atoms with Crippen LogP contribution < -0.4 is 10.1 Å². The van der Waals surface area contributed by atoms with E-state index in [-0.39, 0.29) is 11.7 Å². The number of carbonyl (C=O) groups is 1. The van der Waals surface area contributed by atoms with Crippen LogP contribution in [0.2, 0.25) is 5.02 Å². The summed E-state index contributed by atoms with van der Waals surface area (Å²) in [5.74, 6) is 1.72. The van der Waals surface area contributed by atoms with Gasteiger partial charge in [0.25, 0.3) is 0 Å². The van der Waals surface area contributed by atoms with E-state index in [4.69, 9.17) is 16.3 Å². The fourth-order valence-electron chi connectivity index (χ4n) is 3.31. The summed E-state index contributed by atoms with van der Waals surface area (Å²) in [6.45, 7) is 3.90. The molecule has 0 aliphatic carbocycles. The summed E-state index contributed by atoms with van der Waals surface area (Å²) in [4.78, 5) is 21.7. The van der Waals surface area contributed by atoms with Crippen LogP contribution in [0.1, 0.15) is 17.2 Å². The Morgan fingerprint density at radius 3 is 2.49 bits per heavy atom. The predicted molar refractivity (Wildman–Crippen MR) is 140 cm³/mol. The highest BCUT2D eigenvalue weighted by molar-refractivity contribution is 7.99. The van der Waals surface area contributed by atoms with Crippen molar-refractivity contribution >= 4 is 46.7 Å². The summed E-state index contributed by atoms with van der Waals surface area (Å²) in [5, 5.41) is 13.4. The first kappa shape index (κ1) is 25.0. The van der Waals surface area contributed by atoms with Gasteiger partial charge in [-0.15, -0.1) is 10.2 Å². The summed E-state index contributed by atoms with van der Waals surface area (Å²) in [7, 11) is 1.54. The van der Waals surface area contributed by atoms with Gasteiger partial charge in [-0.1, -0.05) is 53.3 Å². The molecule has 2 aromatic heterocycles. The van der Waals surface area contributed by atoms with Gasteiger partial charge in [0, 0.05) is 22.1 Å². The van der Waals surface area contributed by atoms with Gasteiger partial charge in [-0.25, -0.2) is 9.97 Å². The first-order chi connectivity index (χ1) is 16.9. The number of thioether (sulfide) groups is 2. The fraction of sp³-hybridized carbons (Fsp3) is 0.208. The van der Waals surface area contributed by atoms with Gasteiger partial charge in [0.1, 0.15) is 11.6 Å². The lowest BCUT2D eigenvalue weighted by Gasteiger charge is -2.11. The zero-order chi connectivity index (χ0) is 24.8. The molecule has 1 amide bonds. The highest BCUT2D eigenvalue weighted by atomic mass is 35.5. The lowest BCUT2D eigenvalue weighted by Crippen LogP contribution is -2.15. The highest BCUT2D eigenvalue weighted by Gasteiger charge is 2.17. The van der Waals surface area contributed by atoms with Crippen molar-refractivity contribution in [2.45, 2.75) is 29.9 Å². The van der Waals surface area contributed by atoms with Gasteiger partial charge in [0.05, 0.1) is 24.3 Å². The van der Waals surface area contributed by atoms with Gasteiger partial charge < -0.3 is 10.1 Å². The minimum atomic E-state index is -0.210. The van der Waals surface area contributed by atoms with E-state index in [2.05, 4.69) is 25.5 Å². The molecule has 0 aliphatic heterocycles. The quantitative estimate of drug-likeness (QED) is 0.230. The average Bonchev–Trinajstić information content (AvgIpc) is 3.24. The molecule has 0 radical (unpaired) electrons. The largest absolute Gasteiger partial charge is 0.495 e. The number of aromatic nitrogens is 5. The van der Waals surface area contributed by atoms with Gasteiger partial charge in [0.2, 0.25) is 5.91 Å². The van der Waals surface area contributed by atoms with Crippen molar-refractivity contribution in [3.05, 3.63) is 76.8 Å². The molecule has 0 saturated heterocycles. The van der Waals surface area contributed by atoms with Crippen molar-refractivity contribution in [1.29, 1.82) is 0 Å². The molecule has 0 spiro atoms. The van der Waals surface area contributed by atoms with Gasteiger partial charge in [-0.05, 0) is 50.2 Å². The van der Waals surface area contributed by atoms with Crippen LogP contribution in [-0.4, -0.2) is 43.5 Å². The lowest BCUT2D eigenvalue weighted by molar-refractivity contribution is -0.113. The van der Waals surface area contributed by atoms with Crippen LogP contribution in [0.4, 0.5) is 5.69 Å². The molecule has 0 unspecified atom stereocenters. The minimum absolute atomic E-state index is 0.133. The van der Waals surface area contributed by atoms with E-state index in [0.717, 1.165) is 22.9 Å². The smallest absolute Gasteiger partial charge is 0.234 e. The normalized spacial score (nSPS) is 10.9. The number of ether oxygens (including phenoxy) is 1. The number of nitrogens with one attached hydrogen (secondary N) is 1. The Kier molecular flexibility index (Phi) is 8.27. The summed E-state index contributed by atoms with van der Waals surface area (Å²) in [5.41, 5.74) is 3.26. The van der Waals surface area contributed by atoms with E-state index in [1.165, 1.54) is 23.5 Å². The van der Waals surface area contributed by atoms with Crippen LogP contribution in [0, 0.1) is 13.8 Å². The molecule has 0 atom stereocenters. The number of methoxy groups -OCH3 is 1. The molecule has 4 rings (SSSR count). The molecule has 180 valence electrons. The number of nitrogens with zero attached hydrogens (tertiary/aromatic N) is 5. The van der Waals surface area contributed by atoms with Crippen molar-refractivity contribution in [3.8, 4) is 11.4 Å². The third-order valence-corrected chi connectivity index (χ3v) is 6.78. The van der Waals surface area contributed by atoms with Crippen molar-refractivity contribution in [3.63, 3.8) is 0 Å². The minimum Gasteiger partial charge on any atom is -0.495 e. The summed E-state index contributed by atoms with van der Waals surface area (Å²) >= 11 is 8.86. The molecule has 11 heteroatoms. The Labute approximate surface area is 216 Å². The first-order valence-corrected chi connectivity index (χ1v) is 13.0. The Hall–Kier alpha value is -3.08. The maximum Gasteiger partial charge on any atom is 0.234 e. The highest BCUT2D eigenvalue weighted by Crippen LogP contribution is 2.29. The van der Waals surface area contributed by atoms with E-state index in [1.54, 1.807) is 25.3 Å². The number of carbonyl (C=O) groups excluding carboxylic acids is 1. The number of benzene rings is 2. The van der Waals surface area contributed by atoms with Crippen LogP contribution in [0.5, 0.6) is 5.75 Å². The van der Waals surface area contributed by atoms with Crippen molar-refractivity contribution in [2.75, 3.05) is 18.2 Å². The maximum atomic E-state index is 12.7. The number of rotatable bonds is 9. The Bertz CT molecular complexity index is 1310. The molecular formula is C24H23ClN6O2S2. The molecule has 1 N–H and O–H groups in total. The third-order valence-electron chi connectivity index (χ3n) is 4.77. The SMILES string of the molecule is COc1ccc(Cl)cc1NC(=O)CSc1nnc(CSc2nc(C)cc(C)n2)n1-c1ccccc1. The summed E-state index contributed by atoms with van der Waals surface area (Å²) in [6.07, 6.45) is 0. The second-order valence-corrected chi connectivity index (χ2v) is 9.79. The van der Waals surface area contributed by atoms with Gasteiger partial charge >= 0.3 is 0 Å². The number of amides is 1. The summed E-state index contributed by atoms with van der Waals surface area (Å²) < 4.78 is 7.26. The number of anilines is 1. The number of halogens is 1. The zero-order valence-corrected chi connectivity index (χ0v) is 21.7. The summed E-state index contributed by atoms with van der Waals surface area (Å²) in [6, 6.07) is 16.8. The second kappa shape index (κ2) is 11.6. The molecule has 2 aromatic carbocycles. The van der Waals surface area contributed by atoms with Crippen molar-refractivity contribution in [1.82, 2.24) is 24.7 Å². The molecular weight excluding hydrogens is 504 g/mol. The second-order valence-electron chi connectivity index (χ2n) is 7.47. The maximum absolute atomic E-state index is 12.7. The molecule has 8 nitrogen and oxygen atoms in total. The molecule has 35 heavy (non-hydrogen) atoms. The Balaban J connectivity index is 1.51. The number of hydrogen-bond acceptors (Lipinski definition) is 8. The molecule has 0 bridgehead atoms. The Morgan fingerprint density at radius 2 is 1.77 bits per heavy atom. The van der Waals surface area contributed by atoms with E-state index in [9.17, 15) is 4.79 Å². The topological polar surface area (TPSA) is 94.8 Å². The van der Waals surface area contributed by atoms with Gasteiger partial charge in [-0.2, -0.15) is 0 Å². The fourth-order valence-corrected chi connectivity index (χ4v) is 5.11. The van der Waals surface area contributed by atoms with Crippen LogP contribution >= 0.6 is 35.1 Å². The molecule has 2 heterocycles. The van der Waals surface area contributed by atoms with E-state index >= 15 is 0 Å². The van der Waals surface area contributed by atoms with Crippen molar-refractivity contribution < 1.29 is 9.53 Å². The van der Waals surface area contributed by atoms with Gasteiger partial charge in [0.15, 0.2) is 10.3 Å². The first-order valence-electron chi connectivity index (χ1n) is 10.6. The zero-order valence-electron chi connectivity index (χ0n) is 19.4. The lowest BCUT2D eigenvalue weighted by atomic mass is 10.3. The average molecular weight is 527 g/mol.